The van der Waals surface area contributed by atoms with Crippen molar-refractivity contribution < 1.29 is 27.5 Å². The van der Waals surface area contributed by atoms with E-state index in [0.717, 1.165) is 50.9 Å². The van der Waals surface area contributed by atoms with Crippen LogP contribution in [-0.2, 0) is 20.5 Å². The number of carbonyl (C=O) groups is 2. The number of fused-ring (bicyclic) bond motifs is 1. The summed E-state index contributed by atoms with van der Waals surface area (Å²) >= 11 is 0. The van der Waals surface area contributed by atoms with Crippen molar-refractivity contribution >= 4 is 17.6 Å². The summed E-state index contributed by atoms with van der Waals surface area (Å²) in [4.78, 5) is 26.7. The van der Waals surface area contributed by atoms with Gasteiger partial charge in [0.1, 0.15) is 6.17 Å². The number of amides is 1. The summed E-state index contributed by atoms with van der Waals surface area (Å²) in [5, 5.41) is 7.81. The van der Waals surface area contributed by atoms with Crippen molar-refractivity contribution in [2.45, 2.75) is 64.0 Å². The Morgan fingerprint density at radius 3 is 2.49 bits per heavy atom. The molecule has 1 aliphatic carbocycles. The van der Waals surface area contributed by atoms with E-state index in [4.69, 9.17) is 4.74 Å². The first-order chi connectivity index (χ1) is 16.7. The molecule has 3 aliphatic rings. The number of esters is 1. The lowest BCUT2D eigenvalue weighted by Crippen LogP contribution is -2.63. The molecule has 0 aromatic heterocycles. The third-order valence-corrected chi connectivity index (χ3v) is 7.13. The topological polar surface area (TPSA) is 85.9 Å². The van der Waals surface area contributed by atoms with Gasteiger partial charge in [0, 0.05) is 31.2 Å². The third-order valence-electron chi connectivity index (χ3n) is 7.13. The molecule has 0 spiro atoms. The predicted octanol–water partition coefficient (Wildman–Crippen LogP) is 2.56. The molecule has 11 heteroatoms. The molecule has 2 aliphatic heterocycles. The van der Waals surface area contributed by atoms with Gasteiger partial charge in [0.15, 0.2) is 0 Å². The minimum Gasteiger partial charge on any atom is -0.466 e. The third kappa shape index (κ3) is 5.90. The Morgan fingerprint density at radius 2 is 1.86 bits per heavy atom. The van der Waals surface area contributed by atoms with Crippen LogP contribution in [0.25, 0.3) is 0 Å². The van der Waals surface area contributed by atoms with Crippen LogP contribution in [0.4, 0.5) is 18.9 Å². The van der Waals surface area contributed by atoms with Gasteiger partial charge in [0.05, 0.1) is 36.4 Å². The molecule has 1 atom stereocenters. The van der Waals surface area contributed by atoms with Crippen molar-refractivity contribution in [1.82, 2.24) is 21.0 Å². The average molecular weight is 498 g/mol. The lowest BCUT2D eigenvalue weighted by molar-refractivity contribution is -0.149. The number of anilines is 1. The van der Waals surface area contributed by atoms with Crippen LogP contribution >= 0.6 is 0 Å². The molecule has 8 nitrogen and oxygen atoms in total. The van der Waals surface area contributed by atoms with Gasteiger partial charge in [-0.05, 0) is 57.7 Å². The molecule has 1 unspecified atom stereocenters. The van der Waals surface area contributed by atoms with Crippen LogP contribution in [0.1, 0.15) is 56.8 Å². The Labute approximate surface area is 203 Å². The number of rotatable bonds is 8. The smallest absolute Gasteiger partial charge is 0.416 e. The second-order valence-electron chi connectivity index (χ2n) is 9.43. The van der Waals surface area contributed by atoms with Gasteiger partial charge >= 0.3 is 12.1 Å². The number of benzene rings is 1. The monoisotopic (exact) mass is 497 g/mol. The first-order valence-corrected chi connectivity index (χ1v) is 12.4. The second-order valence-corrected chi connectivity index (χ2v) is 9.43. The number of nitrogens with zero attached hydrogens (tertiary/aromatic N) is 2. The predicted molar refractivity (Wildman–Crippen MR) is 124 cm³/mol. The highest BCUT2D eigenvalue weighted by Crippen LogP contribution is 2.37. The van der Waals surface area contributed by atoms with Crippen LogP contribution in [0.15, 0.2) is 18.2 Å². The van der Waals surface area contributed by atoms with Gasteiger partial charge < -0.3 is 15.1 Å². The van der Waals surface area contributed by atoms with Crippen LogP contribution in [0, 0.1) is 5.92 Å². The Balaban J connectivity index is 1.21. The summed E-state index contributed by atoms with van der Waals surface area (Å²) in [6, 6.07) is 4.14. The maximum atomic E-state index is 13.2. The summed E-state index contributed by atoms with van der Waals surface area (Å²) < 4.78 is 44.6. The fourth-order valence-corrected chi connectivity index (χ4v) is 5.23. The van der Waals surface area contributed by atoms with Crippen molar-refractivity contribution in [1.29, 1.82) is 0 Å². The molecule has 0 radical (unpaired) electrons. The highest BCUT2D eigenvalue weighted by Gasteiger charge is 2.38. The van der Waals surface area contributed by atoms with Crippen LogP contribution in [-0.4, -0.2) is 61.6 Å². The molecular formula is C24H34F3N5O3. The molecule has 0 bridgehead atoms. The van der Waals surface area contributed by atoms with Crippen molar-refractivity contribution in [3.05, 3.63) is 29.3 Å². The number of hydrogen-bond donors (Lipinski definition) is 3. The number of hydrazine groups is 1. The Hall–Kier alpha value is -2.37. The highest BCUT2D eigenvalue weighted by atomic mass is 19.4. The van der Waals surface area contributed by atoms with Gasteiger partial charge in [-0.3, -0.25) is 19.8 Å². The minimum atomic E-state index is -4.43. The molecule has 1 amide bonds. The first kappa shape index (κ1) is 25.7. The molecular weight excluding hydrogens is 463 g/mol. The van der Waals surface area contributed by atoms with E-state index in [-0.39, 0.29) is 30.4 Å². The largest absolute Gasteiger partial charge is 0.466 e. The number of likely N-dealkylation sites (tertiary alicyclic amines) is 1. The van der Waals surface area contributed by atoms with Gasteiger partial charge in [0.25, 0.3) is 0 Å². The number of hydrogen-bond acceptors (Lipinski definition) is 7. The Bertz CT molecular complexity index is 914. The van der Waals surface area contributed by atoms with E-state index in [9.17, 15) is 22.8 Å². The maximum absolute atomic E-state index is 13.2. The molecule has 2 fully saturated rings. The zero-order chi connectivity index (χ0) is 25.2. The van der Waals surface area contributed by atoms with Gasteiger partial charge in [-0.1, -0.05) is 0 Å². The van der Waals surface area contributed by atoms with E-state index in [1.807, 2.05) is 13.8 Å². The molecule has 35 heavy (non-hydrogen) atoms. The molecule has 4 rings (SSSR count). The molecule has 2 heterocycles. The van der Waals surface area contributed by atoms with Crippen molar-refractivity contribution in [2.75, 3.05) is 37.8 Å². The summed E-state index contributed by atoms with van der Waals surface area (Å²) in [7, 11) is 0. The molecule has 194 valence electrons. The van der Waals surface area contributed by atoms with Crippen LogP contribution < -0.4 is 21.1 Å². The zero-order valence-corrected chi connectivity index (χ0v) is 20.2. The van der Waals surface area contributed by atoms with E-state index in [1.54, 1.807) is 5.01 Å². The van der Waals surface area contributed by atoms with Crippen molar-refractivity contribution in [3.63, 3.8) is 0 Å². The van der Waals surface area contributed by atoms with Crippen LogP contribution in [0.2, 0.25) is 0 Å². The molecule has 1 aromatic rings. The first-order valence-electron chi connectivity index (χ1n) is 12.4. The quantitative estimate of drug-likeness (QED) is 0.476. The number of ether oxygens (including phenoxy) is 1. The lowest BCUT2D eigenvalue weighted by atomic mass is 9.84. The zero-order valence-electron chi connectivity index (χ0n) is 20.2. The van der Waals surface area contributed by atoms with Gasteiger partial charge in [-0.25, -0.2) is 5.43 Å². The summed E-state index contributed by atoms with van der Waals surface area (Å²) in [5.41, 5.74) is 3.56. The summed E-state index contributed by atoms with van der Waals surface area (Å²) in [6.07, 6.45) is -1.43. The van der Waals surface area contributed by atoms with Gasteiger partial charge in [-0.2, -0.15) is 13.2 Å². The fourth-order valence-electron chi connectivity index (χ4n) is 5.23. The number of carbonyl (C=O) groups excluding carboxylic acids is 2. The van der Waals surface area contributed by atoms with E-state index in [2.05, 4.69) is 21.0 Å². The standard InChI is InChI=1S/C24H34F3N5O3/c1-3-32-20-10-7-16(24(25,26)27)11-19(20)22(30-32)28-12-21(33)29-17-13-31(14-17)18-8-5-15(6-9-18)23(34)35-4-2/h7,10-11,15,17-18,22,28,30H,3-6,8-9,12-14H2,1-2H3,(H,29,33). The SMILES string of the molecule is CCOC(=O)C1CCC(N2CC(NC(=O)CNC3NN(CC)c4ccc(C(F)(F)F)cc43)C2)CC1. The summed E-state index contributed by atoms with van der Waals surface area (Å²) in [6.45, 7) is 6.23. The van der Waals surface area contributed by atoms with E-state index < -0.39 is 17.9 Å². The maximum Gasteiger partial charge on any atom is 0.416 e. The van der Waals surface area contributed by atoms with Crippen LogP contribution in [0.3, 0.4) is 0 Å². The molecule has 3 N–H and O–H groups in total. The molecule has 1 saturated heterocycles. The van der Waals surface area contributed by atoms with Crippen molar-refractivity contribution in [3.8, 4) is 0 Å². The van der Waals surface area contributed by atoms with Gasteiger partial charge in [0.2, 0.25) is 5.91 Å². The number of nitrogens with one attached hydrogen (secondary N) is 3. The van der Waals surface area contributed by atoms with E-state index in [0.29, 0.717) is 30.4 Å². The number of alkyl halides is 3. The van der Waals surface area contributed by atoms with Gasteiger partial charge in [-0.15, -0.1) is 0 Å². The number of halogens is 3. The molecule has 1 aromatic carbocycles. The Morgan fingerprint density at radius 1 is 1.14 bits per heavy atom. The molecule has 1 saturated carbocycles. The normalized spacial score (nSPS) is 25.2. The van der Waals surface area contributed by atoms with E-state index in [1.165, 1.54) is 6.07 Å². The minimum absolute atomic E-state index is 0.000721. The Kier molecular flexibility index (Phi) is 7.87. The van der Waals surface area contributed by atoms with E-state index >= 15 is 0 Å². The van der Waals surface area contributed by atoms with Crippen LogP contribution in [0.5, 0.6) is 0 Å². The summed E-state index contributed by atoms with van der Waals surface area (Å²) in [5.74, 6) is -0.284. The lowest BCUT2D eigenvalue weighted by Gasteiger charge is -2.46. The second kappa shape index (κ2) is 10.7. The highest BCUT2D eigenvalue weighted by molar-refractivity contribution is 5.78. The average Bonchev–Trinajstić information content (AvgIpc) is 3.16. The van der Waals surface area contributed by atoms with Crippen molar-refractivity contribution in [2.24, 2.45) is 5.92 Å². The fraction of sp³-hybridized carbons (Fsp3) is 0.667.